The number of hydrogen-bond acceptors (Lipinski definition) is 3. The van der Waals surface area contributed by atoms with Crippen LogP contribution in [0.2, 0.25) is 0 Å². The number of fused-ring (bicyclic) bond motifs is 2. The molecule has 0 radical (unpaired) electrons. The number of ether oxygens (including phenoxy) is 1. The number of carbonyl (C=O) groups excluding carboxylic acids is 2. The lowest BCUT2D eigenvalue weighted by atomic mass is 10.0. The van der Waals surface area contributed by atoms with Crippen LogP contribution in [0.5, 0.6) is 0 Å². The Morgan fingerprint density at radius 3 is 2.54 bits per heavy atom. The number of anilines is 3. The number of carbonyl (C=O) groups is 2. The fourth-order valence-electron chi connectivity index (χ4n) is 3.10. The molecule has 0 aliphatic carbocycles. The second-order valence-corrected chi connectivity index (χ2v) is 6.76. The maximum Gasteiger partial charge on any atom is 0.411 e. The number of nitrogens with one attached hydrogen (secondary N) is 1. The number of nitrogens with zero attached hydrogens (tertiary/aromatic N) is 1. The number of para-hydroxylation sites is 1. The maximum absolute atomic E-state index is 12.9. The van der Waals surface area contributed by atoms with Gasteiger partial charge in [0.25, 0.3) is 0 Å². The third kappa shape index (κ3) is 3.68. The van der Waals surface area contributed by atoms with Crippen LogP contribution in [0.1, 0.15) is 25.0 Å². The number of halogens is 1. The Labute approximate surface area is 157 Å². The molecule has 0 aromatic heterocycles. The van der Waals surface area contributed by atoms with E-state index in [4.69, 9.17) is 16.3 Å². The monoisotopic (exact) mass is 372 g/mol. The molecular formula is C20H21ClN2O3. The summed E-state index contributed by atoms with van der Waals surface area (Å²) in [6.45, 7) is 3.70. The van der Waals surface area contributed by atoms with E-state index < -0.39 is 11.5 Å². The van der Waals surface area contributed by atoms with Crippen LogP contribution in [0.4, 0.5) is 21.9 Å². The van der Waals surface area contributed by atoms with Crippen LogP contribution < -0.4 is 10.2 Å². The Hall–Kier alpha value is -2.53. The van der Waals surface area contributed by atoms with Gasteiger partial charge in [-0.25, -0.2) is 4.79 Å². The first-order valence-electron chi connectivity index (χ1n) is 8.64. The molecule has 1 N–H and O–H groups in total. The molecule has 1 aliphatic heterocycles. The van der Waals surface area contributed by atoms with Gasteiger partial charge in [-0.3, -0.25) is 15.0 Å². The van der Waals surface area contributed by atoms with Gasteiger partial charge in [0.2, 0.25) is 5.91 Å². The molecule has 0 spiro atoms. The molecule has 0 bridgehead atoms. The lowest BCUT2D eigenvalue weighted by Crippen LogP contribution is -2.32. The van der Waals surface area contributed by atoms with Crippen molar-refractivity contribution in [3.63, 3.8) is 0 Å². The lowest BCUT2D eigenvalue weighted by Gasteiger charge is -2.26. The van der Waals surface area contributed by atoms with Gasteiger partial charge in [0.1, 0.15) is 5.38 Å². The predicted octanol–water partition coefficient (Wildman–Crippen LogP) is 4.65. The van der Waals surface area contributed by atoms with E-state index in [2.05, 4.69) is 5.32 Å². The van der Waals surface area contributed by atoms with Gasteiger partial charge >= 0.3 is 6.09 Å². The summed E-state index contributed by atoms with van der Waals surface area (Å²) >= 11 is 6.13. The van der Waals surface area contributed by atoms with E-state index in [-0.39, 0.29) is 5.91 Å². The van der Waals surface area contributed by atoms with E-state index in [9.17, 15) is 9.59 Å². The van der Waals surface area contributed by atoms with E-state index in [0.29, 0.717) is 12.3 Å². The second kappa shape index (κ2) is 7.79. The van der Waals surface area contributed by atoms with Gasteiger partial charge in [-0.15, -0.1) is 11.6 Å². The molecule has 0 saturated carbocycles. The number of aryl methyl sites for hydroxylation is 2. The molecular weight excluding hydrogens is 352 g/mol. The summed E-state index contributed by atoms with van der Waals surface area (Å²) in [5, 5.41) is 2.02. The van der Waals surface area contributed by atoms with Gasteiger partial charge in [0.05, 0.1) is 18.0 Å². The van der Waals surface area contributed by atoms with Gasteiger partial charge in [0.15, 0.2) is 0 Å². The van der Waals surface area contributed by atoms with Gasteiger partial charge < -0.3 is 4.74 Å². The zero-order chi connectivity index (χ0) is 18.7. The Morgan fingerprint density at radius 1 is 1.15 bits per heavy atom. The first-order chi connectivity index (χ1) is 12.5. The highest BCUT2D eigenvalue weighted by atomic mass is 35.5. The van der Waals surface area contributed by atoms with Gasteiger partial charge in [-0.1, -0.05) is 24.3 Å². The van der Waals surface area contributed by atoms with Crippen molar-refractivity contribution in [1.82, 2.24) is 0 Å². The van der Waals surface area contributed by atoms with Crippen LogP contribution >= 0.6 is 11.6 Å². The zero-order valence-corrected chi connectivity index (χ0v) is 15.5. The van der Waals surface area contributed by atoms with Crippen molar-refractivity contribution in [2.24, 2.45) is 0 Å². The van der Waals surface area contributed by atoms with Crippen LogP contribution in [0, 0.1) is 0 Å². The van der Waals surface area contributed by atoms with E-state index >= 15 is 0 Å². The topological polar surface area (TPSA) is 58.6 Å². The van der Waals surface area contributed by atoms with Gasteiger partial charge in [0, 0.05) is 5.69 Å². The predicted molar refractivity (Wildman–Crippen MR) is 103 cm³/mol. The number of amides is 2. The number of rotatable bonds is 3. The van der Waals surface area contributed by atoms with Crippen molar-refractivity contribution in [3.8, 4) is 0 Å². The molecule has 2 aromatic rings. The fraction of sp³-hybridized carbons (Fsp3) is 0.300. The summed E-state index contributed by atoms with van der Waals surface area (Å²) in [6.07, 6.45) is 1.10. The maximum atomic E-state index is 12.9. The van der Waals surface area contributed by atoms with E-state index in [1.165, 1.54) is 0 Å². The SMILES string of the molecule is CCOC(=O)Nc1ccc2c(c1)N(C(=O)C(C)Cl)c1ccccc1CC2. The van der Waals surface area contributed by atoms with Gasteiger partial charge in [-0.05, 0) is 56.0 Å². The Balaban J connectivity index is 2.08. The highest BCUT2D eigenvalue weighted by molar-refractivity contribution is 6.33. The third-order valence-corrected chi connectivity index (χ3v) is 4.49. The fourth-order valence-corrected chi connectivity index (χ4v) is 3.20. The standard InChI is InChI=1S/C20H21ClN2O3/c1-3-26-20(25)22-16-11-10-15-9-8-14-6-4-5-7-17(14)23(18(15)12-16)19(24)13(2)21/h4-7,10-13H,3,8-9H2,1-2H3,(H,22,25). The smallest absolute Gasteiger partial charge is 0.411 e. The summed E-state index contributed by atoms with van der Waals surface area (Å²) < 4.78 is 4.93. The van der Waals surface area contributed by atoms with E-state index in [1.807, 2.05) is 36.4 Å². The van der Waals surface area contributed by atoms with Crippen molar-refractivity contribution in [2.75, 3.05) is 16.8 Å². The van der Waals surface area contributed by atoms with Crippen LogP contribution in [-0.4, -0.2) is 24.0 Å². The van der Waals surface area contributed by atoms with Crippen molar-refractivity contribution < 1.29 is 14.3 Å². The minimum atomic E-state index is -0.671. The molecule has 3 rings (SSSR count). The molecule has 2 amide bonds. The Morgan fingerprint density at radius 2 is 1.85 bits per heavy atom. The molecule has 0 saturated heterocycles. The van der Waals surface area contributed by atoms with Crippen LogP contribution in [0.3, 0.4) is 0 Å². The molecule has 136 valence electrons. The summed E-state index contributed by atoms with van der Waals surface area (Å²) in [4.78, 5) is 26.3. The molecule has 26 heavy (non-hydrogen) atoms. The average Bonchev–Trinajstić information content (AvgIpc) is 2.77. The minimum Gasteiger partial charge on any atom is -0.450 e. The third-order valence-electron chi connectivity index (χ3n) is 4.30. The molecule has 1 aliphatic rings. The lowest BCUT2D eigenvalue weighted by molar-refractivity contribution is -0.117. The van der Waals surface area contributed by atoms with Crippen molar-refractivity contribution >= 4 is 40.7 Å². The highest BCUT2D eigenvalue weighted by Gasteiger charge is 2.28. The highest BCUT2D eigenvalue weighted by Crippen LogP contribution is 2.38. The first kappa shape index (κ1) is 18.3. The average molecular weight is 373 g/mol. The summed E-state index contributed by atoms with van der Waals surface area (Å²) in [6, 6.07) is 13.4. The molecule has 2 aromatic carbocycles. The largest absolute Gasteiger partial charge is 0.450 e. The summed E-state index contributed by atoms with van der Waals surface area (Å²) in [5.74, 6) is -0.199. The molecule has 1 unspecified atom stereocenters. The van der Waals surface area contributed by atoms with Crippen LogP contribution in [-0.2, 0) is 22.4 Å². The Kier molecular flexibility index (Phi) is 5.47. The van der Waals surface area contributed by atoms with Crippen LogP contribution in [0.25, 0.3) is 0 Å². The second-order valence-electron chi connectivity index (χ2n) is 6.11. The molecule has 0 fully saturated rings. The summed E-state index contributed by atoms with van der Waals surface area (Å²) in [5.41, 5.74) is 4.26. The van der Waals surface area contributed by atoms with Crippen molar-refractivity contribution in [1.29, 1.82) is 0 Å². The van der Waals surface area contributed by atoms with Crippen LogP contribution in [0.15, 0.2) is 42.5 Å². The zero-order valence-electron chi connectivity index (χ0n) is 14.8. The molecule has 5 nitrogen and oxygen atoms in total. The Bertz CT molecular complexity index is 836. The van der Waals surface area contributed by atoms with E-state index in [1.54, 1.807) is 24.8 Å². The number of alkyl halides is 1. The minimum absolute atomic E-state index is 0.199. The summed E-state index contributed by atoms with van der Waals surface area (Å²) in [7, 11) is 0. The van der Waals surface area contributed by atoms with E-state index in [0.717, 1.165) is 35.3 Å². The molecule has 6 heteroatoms. The quantitative estimate of drug-likeness (QED) is 0.798. The number of hydrogen-bond donors (Lipinski definition) is 1. The van der Waals surface area contributed by atoms with Crippen molar-refractivity contribution in [3.05, 3.63) is 53.6 Å². The number of benzene rings is 2. The molecule has 1 heterocycles. The molecule has 1 atom stereocenters. The first-order valence-corrected chi connectivity index (χ1v) is 9.07. The van der Waals surface area contributed by atoms with Gasteiger partial charge in [-0.2, -0.15) is 0 Å². The normalized spacial score (nSPS) is 13.9. The van der Waals surface area contributed by atoms with Crippen molar-refractivity contribution in [2.45, 2.75) is 32.1 Å².